The summed E-state index contributed by atoms with van der Waals surface area (Å²) in [5.74, 6) is 0. The number of ether oxygens (including phenoxy) is 1. The van der Waals surface area contributed by atoms with E-state index in [1.165, 1.54) is 12.1 Å². The molecule has 0 bridgehead atoms. The van der Waals surface area contributed by atoms with Gasteiger partial charge in [-0.05, 0) is 23.8 Å². The highest BCUT2D eigenvalue weighted by Crippen LogP contribution is 2.31. The van der Waals surface area contributed by atoms with Crippen molar-refractivity contribution in [1.82, 2.24) is 0 Å². The van der Waals surface area contributed by atoms with E-state index in [1.807, 2.05) is 29.2 Å². The third kappa shape index (κ3) is 3.76. The molecule has 0 aromatic heterocycles. The van der Waals surface area contributed by atoms with Crippen LogP contribution in [-0.4, -0.2) is 38.3 Å². The standard InChI is InChI=1S/C19H20N4O3/c1-21(19-12-15(13-20)6-7-18(19)23(24)25)14-16-4-2-3-5-17(16)22-8-10-26-11-9-22/h2-7,12H,8-11,14H2,1H3. The molecule has 7 heteroatoms. The lowest BCUT2D eigenvalue weighted by Gasteiger charge is -2.31. The number of benzene rings is 2. The van der Waals surface area contributed by atoms with Crippen molar-refractivity contribution in [2.24, 2.45) is 0 Å². The Morgan fingerprint density at radius 2 is 2.00 bits per heavy atom. The summed E-state index contributed by atoms with van der Waals surface area (Å²) in [6.45, 7) is 3.54. The molecule has 1 heterocycles. The SMILES string of the molecule is CN(Cc1ccccc1N1CCOCC1)c1cc(C#N)ccc1[N+](=O)[O-]. The Hall–Kier alpha value is -3.11. The lowest BCUT2D eigenvalue weighted by atomic mass is 10.1. The van der Waals surface area contributed by atoms with Gasteiger partial charge in [0.2, 0.25) is 0 Å². The number of hydrogen-bond donors (Lipinski definition) is 0. The summed E-state index contributed by atoms with van der Waals surface area (Å²) in [6, 6.07) is 14.5. The second-order valence-corrected chi connectivity index (χ2v) is 6.16. The Morgan fingerprint density at radius 1 is 1.27 bits per heavy atom. The van der Waals surface area contributed by atoms with Crippen molar-refractivity contribution in [3.63, 3.8) is 0 Å². The molecule has 134 valence electrons. The van der Waals surface area contributed by atoms with Gasteiger partial charge in [-0.3, -0.25) is 10.1 Å². The van der Waals surface area contributed by atoms with Crippen LogP contribution in [0.2, 0.25) is 0 Å². The summed E-state index contributed by atoms with van der Waals surface area (Å²) in [7, 11) is 1.81. The summed E-state index contributed by atoms with van der Waals surface area (Å²) in [5.41, 5.74) is 3.02. The van der Waals surface area contributed by atoms with Crippen LogP contribution >= 0.6 is 0 Å². The first kappa shape index (κ1) is 17.7. The van der Waals surface area contributed by atoms with Crippen LogP contribution in [0.3, 0.4) is 0 Å². The van der Waals surface area contributed by atoms with Crippen LogP contribution in [0, 0.1) is 21.4 Å². The van der Waals surface area contributed by atoms with Gasteiger partial charge < -0.3 is 14.5 Å². The molecule has 0 aliphatic carbocycles. The van der Waals surface area contributed by atoms with E-state index in [-0.39, 0.29) is 5.69 Å². The monoisotopic (exact) mass is 352 g/mol. The molecule has 2 aromatic carbocycles. The Kier molecular flexibility index (Phi) is 5.34. The Morgan fingerprint density at radius 3 is 2.69 bits per heavy atom. The van der Waals surface area contributed by atoms with Crippen molar-refractivity contribution in [3.8, 4) is 6.07 Å². The smallest absolute Gasteiger partial charge is 0.292 e. The topological polar surface area (TPSA) is 82.6 Å². The van der Waals surface area contributed by atoms with Gasteiger partial charge in [-0.1, -0.05) is 18.2 Å². The summed E-state index contributed by atoms with van der Waals surface area (Å²) < 4.78 is 5.42. The highest BCUT2D eigenvalue weighted by atomic mass is 16.6. The molecule has 0 saturated carbocycles. The second-order valence-electron chi connectivity index (χ2n) is 6.16. The molecule has 1 saturated heterocycles. The van der Waals surface area contributed by atoms with E-state index in [4.69, 9.17) is 10.00 Å². The molecule has 1 aliphatic heterocycles. The maximum atomic E-state index is 11.4. The average molecular weight is 352 g/mol. The largest absolute Gasteiger partial charge is 0.378 e. The fourth-order valence-electron chi connectivity index (χ4n) is 3.15. The molecule has 0 radical (unpaired) electrons. The van der Waals surface area contributed by atoms with Crippen molar-refractivity contribution in [2.45, 2.75) is 6.54 Å². The van der Waals surface area contributed by atoms with Gasteiger partial charge in [0.15, 0.2) is 0 Å². The molecular formula is C19H20N4O3. The van der Waals surface area contributed by atoms with Gasteiger partial charge in [0.05, 0.1) is 29.8 Å². The van der Waals surface area contributed by atoms with Crippen LogP contribution in [0.15, 0.2) is 42.5 Å². The van der Waals surface area contributed by atoms with Crippen LogP contribution in [0.25, 0.3) is 0 Å². The fraction of sp³-hybridized carbons (Fsp3) is 0.316. The van der Waals surface area contributed by atoms with Gasteiger partial charge in [-0.15, -0.1) is 0 Å². The quantitative estimate of drug-likeness (QED) is 0.608. The molecule has 0 N–H and O–H groups in total. The number of morpholine rings is 1. The molecule has 3 rings (SSSR count). The van der Waals surface area contributed by atoms with Crippen LogP contribution < -0.4 is 9.80 Å². The van der Waals surface area contributed by atoms with E-state index >= 15 is 0 Å². The zero-order valence-electron chi connectivity index (χ0n) is 14.6. The van der Waals surface area contributed by atoms with Gasteiger partial charge in [0.1, 0.15) is 5.69 Å². The average Bonchev–Trinajstić information content (AvgIpc) is 2.68. The van der Waals surface area contributed by atoms with E-state index in [0.29, 0.717) is 31.0 Å². The number of nitriles is 1. The van der Waals surface area contributed by atoms with Gasteiger partial charge >= 0.3 is 0 Å². The van der Waals surface area contributed by atoms with E-state index in [0.717, 1.165) is 24.3 Å². The van der Waals surface area contributed by atoms with Crippen molar-refractivity contribution in [3.05, 3.63) is 63.7 Å². The van der Waals surface area contributed by atoms with Crippen LogP contribution in [-0.2, 0) is 11.3 Å². The Balaban J connectivity index is 1.90. The van der Waals surface area contributed by atoms with Crippen LogP contribution in [0.4, 0.5) is 17.1 Å². The molecule has 2 aromatic rings. The Bertz CT molecular complexity index is 841. The molecule has 1 fully saturated rings. The normalized spacial score (nSPS) is 13.9. The number of nitro groups is 1. The van der Waals surface area contributed by atoms with Crippen LogP contribution in [0.1, 0.15) is 11.1 Å². The molecule has 26 heavy (non-hydrogen) atoms. The number of para-hydroxylation sites is 1. The molecule has 0 atom stereocenters. The molecule has 7 nitrogen and oxygen atoms in total. The maximum Gasteiger partial charge on any atom is 0.292 e. The highest BCUT2D eigenvalue weighted by Gasteiger charge is 2.20. The minimum absolute atomic E-state index is 0.00430. The fourth-order valence-corrected chi connectivity index (χ4v) is 3.15. The summed E-state index contributed by atoms with van der Waals surface area (Å²) in [4.78, 5) is 15.0. The van der Waals surface area contributed by atoms with Gasteiger partial charge in [-0.2, -0.15) is 5.26 Å². The predicted octanol–water partition coefficient (Wildman–Crippen LogP) is 2.94. The number of anilines is 2. The van der Waals surface area contributed by atoms with Crippen molar-refractivity contribution in [2.75, 3.05) is 43.2 Å². The first-order chi connectivity index (χ1) is 12.6. The first-order valence-electron chi connectivity index (χ1n) is 8.40. The summed E-state index contributed by atoms with van der Waals surface area (Å²) >= 11 is 0. The van der Waals surface area contributed by atoms with E-state index in [2.05, 4.69) is 11.0 Å². The molecular weight excluding hydrogens is 332 g/mol. The number of rotatable bonds is 5. The number of hydrogen-bond acceptors (Lipinski definition) is 6. The molecule has 1 aliphatic rings. The molecule has 0 amide bonds. The molecule has 0 spiro atoms. The lowest BCUT2D eigenvalue weighted by molar-refractivity contribution is -0.384. The summed E-state index contributed by atoms with van der Waals surface area (Å²) in [5, 5.41) is 20.5. The van der Waals surface area contributed by atoms with Crippen molar-refractivity contribution >= 4 is 17.1 Å². The second kappa shape index (κ2) is 7.85. The third-order valence-electron chi connectivity index (χ3n) is 4.46. The van der Waals surface area contributed by atoms with Gasteiger partial charge in [0, 0.05) is 38.4 Å². The summed E-state index contributed by atoms with van der Waals surface area (Å²) in [6.07, 6.45) is 0. The lowest BCUT2D eigenvalue weighted by Crippen LogP contribution is -2.37. The zero-order chi connectivity index (χ0) is 18.5. The van der Waals surface area contributed by atoms with Crippen LogP contribution in [0.5, 0.6) is 0 Å². The van der Waals surface area contributed by atoms with Gasteiger partial charge in [0.25, 0.3) is 5.69 Å². The predicted molar refractivity (Wildman–Crippen MR) is 99.4 cm³/mol. The minimum Gasteiger partial charge on any atom is -0.378 e. The Labute approximate surface area is 152 Å². The van der Waals surface area contributed by atoms with Gasteiger partial charge in [-0.25, -0.2) is 0 Å². The third-order valence-corrected chi connectivity index (χ3v) is 4.46. The van der Waals surface area contributed by atoms with E-state index in [9.17, 15) is 10.1 Å². The van der Waals surface area contributed by atoms with Crippen molar-refractivity contribution < 1.29 is 9.66 Å². The minimum atomic E-state index is -0.416. The first-order valence-corrected chi connectivity index (χ1v) is 8.40. The van der Waals surface area contributed by atoms with Crippen molar-refractivity contribution in [1.29, 1.82) is 5.26 Å². The maximum absolute atomic E-state index is 11.4. The number of nitro benzene ring substituents is 1. The molecule has 0 unspecified atom stereocenters. The van der Waals surface area contributed by atoms with E-state index in [1.54, 1.807) is 13.1 Å². The van der Waals surface area contributed by atoms with E-state index < -0.39 is 4.92 Å². The highest BCUT2D eigenvalue weighted by molar-refractivity contribution is 5.66. The number of nitrogens with zero attached hydrogens (tertiary/aromatic N) is 4. The zero-order valence-corrected chi connectivity index (χ0v) is 14.6.